The molecule has 4 rings (SSSR count). The highest BCUT2D eigenvalue weighted by Gasteiger charge is 2.34. The normalized spacial score (nSPS) is 15.4. The highest BCUT2D eigenvalue weighted by Crippen LogP contribution is 2.33. The van der Waals surface area contributed by atoms with Gasteiger partial charge in [-0.15, -0.1) is 0 Å². The molecule has 1 fully saturated rings. The van der Waals surface area contributed by atoms with Gasteiger partial charge in [-0.05, 0) is 60.2 Å². The van der Waals surface area contributed by atoms with E-state index >= 15 is 0 Å². The van der Waals surface area contributed by atoms with Crippen LogP contribution in [0.5, 0.6) is 0 Å². The van der Waals surface area contributed by atoms with Crippen molar-refractivity contribution in [2.24, 2.45) is 5.92 Å². The zero-order valence-corrected chi connectivity index (χ0v) is 23.1. The zero-order valence-electron chi connectivity index (χ0n) is 22.3. The minimum Gasteiger partial charge on any atom is -0.356 e. The number of pyridine rings is 1. The number of aromatic nitrogens is 1. The number of anilines is 2. The molecule has 1 unspecified atom stereocenters. The van der Waals surface area contributed by atoms with Crippen LogP contribution in [0.15, 0.2) is 54.6 Å². The molecule has 1 amide bonds. The predicted molar refractivity (Wildman–Crippen MR) is 145 cm³/mol. The van der Waals surface area contributed by atoms with Gasteiger partial charge in [0.25, 0.3) is 0 Å². The highest BCUT2D eigenvalue weighted by atomic mass is 32.2. The Kier molecular flexibility index (Phi) is 8.86. The van der Waals surface area contributed by atoms with Gasteiger partial charge < -0.3 is 10.2 Å². The number of amides is 1. The summed E-state index contributed by atoms with van der Waals surface area (Å²) in [5.41, 5.74) is -0.503. The van der Waals surface area contributed by atoms with Crippen LogP contribution in [0, 0.1) is 17.6 Å². The average molecular weight is 597 g/mol. The number of alkyl halides is 3. The molecule has 0 aliphatic carbocycles. The fourth-order valence-electron chi connectivity index (χ4n) is 4.70. The number of carbonyl (C=O) groups is 1. The summed E-state index contributed by atoms with van der Waals surface area (Å²) in [6, 6.07) is 10.7. The topological polar surface area (TPSA) is 91.4 Å². The van der Waals surface area contributed by atoms with Crippen LogP contribution >= 0.6 is 0 Å². The number of sulfonamides is 1. The monoisotopic (exact) mass is 596 g/mol. The van der Waals surface area contributed by atoms with E-state index in [1.165, 1.54) is 30.3 Å². The molecule has 0 bridgehead atoms. The molecule has 1 aromatic heterocycles. The molecule has 1 aliphatic rings. The van der Waals surface area contributed by atoms with Crippen molar-refractivity contribution in [3.63, 3.8) is 0 Å². The second-order valence-electron chi connectivity index (χ2n) is 10.2. The standard InChI is InChI=1S/C28H29F5N4O3S/c1-17-11-13-37(14-12-17)26-20(6-10-24(35-26)28(31,32)33)16-34-27(38)25(18-3-7-21(29)8-4-18)19-5-9-23(22(30)15-19)36-41(2,39)40/h3-10,15,17,25,36H,11-14,16H2,1-2H3,(H,34,38). The molecule has 41 heavy (non-hydrogen) atoms. The molecule has 1 aliphatic heterocycles. The van der Waals surface area contributed by atoms with E-state index in [0.29, 0.717) is 30.1 Å². The Morgan fingerprint density at radius 2 is 1.66 bits per heavy atom. The summed E-state index contributed by atoms with van der Waals surface area (Å²) in [4.78, 5) is 19.2. The predicted octanol–water partition coefficient (Wildman–Crippen LogP) is 5.43. The van der Waals surface area contributed by atoms with E-state index in [9.17, 15) is 35.2 Å². The molecule has 0 radical (unpaired) electrons. The molecule has 0 saturated carbocycles. The Bertz CT molecular complexity index is 1510. The van der Waals surface area contributed by atoms with Crippen molar-refractivity contribution in [1.82, 2.24) is 10.3 Å². The third kappa shape index (κ3) is 7.72. The molecule has 1 saturated heterocycles. The van der Waals surface area contributed by atoms with Crippen molar-refractivity contribution in [2.75, 3.05) is 29.0 Å². The lowest BCUT2D eigenvalue weighted by Crippen LogP contribution is -2.36. The quantitative estimate of drug-likeness (QED) is 0.339. The van der Waals surface area contributed by atoms with Gasteiger partial charge in [0.2, 0.25) is 15.9 Å². The third-order valence-electron chi connectivity index (χ3n) is 6.87. The molecule has 13 heteroatoms. The van der Waals surface area contributed by atoms with Crippen molar-refractivity contribution in [2.45, 2.75) is 38.4 Å². The van der Waals surface area contributed by atoms with Gasteiger partial charge in [-0.3, -0.25) is 9.52 Å². The number of hydrogen-bond donors (Lipinski definition) is 2. The van der Waals surface area contributed by atoms with Crippen molar-refractivity contribution in [1.29, 1.82) is 0 Å². The van der Waals surface area contributed by atoms with Gasteiger partial charge in [0.15, 0.2) is 0 Å². The molecule has 3 aromatic rings. The second kappa shape index (κ2) is 12.0. The van der Waals surface area contributed by atoms with Crippen LogP contribution in [0.1, 0.15) is 48.1 Å². The van der Waals surface area contributed by atoms with Gasteiger partial charge in [-0.1, -0.05) is 31.2 Å². The summed E-state index contributed by atoms with van der Waals surface area (Å²) in [6.45, 7) is 2.93. The van der Waals surface area contributed by atoms with Crippen LogP contribution in [0.25, 0.3) is 0 Å². The average Bonchev–Trinajstić information content (AvgIpc) is 2.89. The first-order valence-electron chi connectivity index (χ1n) is 12.8. The SMILES string of the molecule is CC1CCN(c2nc(C(F)(F)F)ccc2CNC(=O)C(c2ccc(F)cc2)c2ccc(NS(C)(=O)=O)c(F)c2)CC1. The summed E-state index contributed by atoms with van der Waals surface area (Å²) >= 11 is 0. The number of hydrogen-bond acceptors (Lipinski definition) is 5. The molecular weight excluding hydrogens is 567 g/mol. The number of nitrogens with one attached hydrogen (secondary N) is 2. The lowest BCUT2D eigenvalue weighted by molar-refractivity contribution is -0.141. The van der Waals surface area contributed by atoms with Gasteiger partial charge in [-0.25, -0.2) is 22.2 Å². The Morgan fingerprint density at radius 1 is 1.02 bits per heavy atom. The Labute approximate surface area is 234 Å². The van der Waals surface area contributed by atoms with Crippen LogP contribution in [0.2, 0.25) is 0 Å². The Balaban J connectivity index is 1.64. The minimum atomic E-state index is -4.64. The Hall–Kier alpha value is -3.74. The van der Waals surface area contributed by atoms with E-state index in [1.54, 1.807) is 4.90 Å². The largest absolute Gasteiger partial charge is 0.433 e. The number of benzene rings is 2. The van der Waals surface area contributed by atoms with Crippen molar-refractivity contribution in [3.05, 3.63) is 88.6 Å². The molecule has 2 aromatic carbocycles. The second-order valence-corrected chi connectivity index (χ2v) is 11.9. The first-order valence-corrected chi connectivity index (χ1v) is 14.7. The van der Waals surface area contributed by atoms with E-state index in [4.69, 9.17) is 0 Å². The number of nitrogens with zero attached hydrogens (tertiary/aromatic N) is 2. The molecule has 7 nitrogen and oxygen atoms in total. The summed E-state index contributed by atoms with van der Waals surface area (Å²) in [7, 11) is -3.77. The van der Waals surface area contributed by atoms with Crippen LogP contribution in [-0.2, 0) is 27.5 Å². The fourth-order valence-corrected chi connectivity index (χ4v) is 5.26. The van der Waals surface area contributed by atoms with Crippen molar-refractivity contribution in [3.8, 4) is 0 Å². The Morgan fingerprint density at radius 3 is 2.24 bits per heavy atom. The summed E-state index contributed by atoms with van der Waals surface area (Å²) in [6.07, 6.45) is -2.21. The minimum absolute atomic E-state index is 0.132. The fraction of sp³-hybridized carbons (Fsp3) is 0.357. The number of carbonyl (C=O) groups excluding carboxylic acids is 1. The smallest absolute Gasteiger partial charge is 0.356 e. The number of piperidine rings is 1. The van der Waals surface area contributed by atoms with E-state index in [0.717, 1.165) is 43.4 Å². The van der Waals surface area contributed by atoms with Gasteiger partial charge in [0, 0.05) is 25.2 Å². The van der Waals surface area contributed by atoms with Crippen LogP contribution in [-0.4, -0.2) is 38.7 Å². The lowest BCUT2D eigenvalue weighted by Gasteiger charge is -2.33. The molecule has 2 heterocycles. The van der Waals surface area contributed by atoms with Gasteiger partial charge in [0.1, 0.15) is 23.1 Å². The van der Waals surface area contributed by atoms with Gasteiger partial charge >= 0.3 is 6.18 Å². The van der Waals surface area contributed by atoms with Gasteiger partial charge in [0.05, 0.1) is 17.9 Å². The van der Waals surface area contributed by atoms with Crippen LogP contribution in [0.3, 0.4) is 0 Å². The third-order valence-corrected chi connectivity index (χ3v) is 7.46. The molecule has 1 atom stereocenters. The maximum atomic E-state index is 14.8. The van der Waals surface area contributed by atoms with Crippen molar-refractivity contribution >= 4 is 27.4 Å². The van der Waals surface area contributed by atoms with Crippen molar-refractivity contribution < 1.29 is 35.2 Å². The first-order chi connectivity index (χ1) is 19.2. The highest BCUT2D eigenvalue weighted by molar-refractivity contribution is 7.92. The zero-order chi connectivity index (χ0) is 29.9. The number of halogens is 5. The van der Waals surface area contributed by atoms with E-state index in [1.807, 2.05) is 4.72 Å². The maximum absolute atomic E-state index is 14.8. The molecular formula is C28H29F5N4O3S. The molecule has 2 N–H and O–H groups in total. The van der Waals surface area contributed by atoms with Gasteiger partial charge in [-0.2, -0.15) is 13.2 Å². The van der Waals surface area contributed by atoms with Crippen LogP contribution in [0.4, 0.5) is 33.5 Å². The first kappa shape index (κ1) is 30.2. The molecule has 0 spiro atoms. The lowest BCUT2D eigenvalue weighted by atomic mass is 9.90. The van der Waals surface area contributed by atoms with Crippen LogP contribution < -0.4 is 14.9 Å². The van der Waals surface area contributed by atoms with E-state index in [2.05, 4.69) is 17.2 Å². The maximum Gasteiger partial charge on any atom is 0.433 e. The number of rotatable bonds is 8. The summed E-state index contributed by atoms with van der Waals surface area (Å²) in [5, 5.41) is 2.71. The van der Waals surface area contributed by atoms with E-state index < -0.39 is 45.4 Å². The summed E-state index contributed by atoms with van der Waals surface area (Å²) < 4.78 is 94.0. The molecule has 220 valence electrons. The van der Waals surface area contributed by atoms with E-state index in [-0.39, 0.29) is 23.6 Å². The summed E-state index contributed by atoms with van der Waals surface area (Å²) in [5.74, 6) is -2.69.